The Bertz CT molecular complexity index is 1630. The minimum absolute atomic E-state index is 0.0110. The fraction of sp³-hybridized carbons (Fsp3) is 0.290. The Morgan fingerprint density at radius 2 is 1.87 bits per heavy atom. The number of nitrogen functional groups attached to an aromatic ring is 1. The first-order valence-electron chi connectivity index (χ1n) is 13.3. The van der Waals surface area contributed by atoms with Gasteiger partial charge in [0.15, 0.2) is 0 Å². The molecule has 39 heavy (non-hydrogen) atoms. The second-order valence-corrected chi connectivity index (χ2v) is 10.8. The van der Waals surface area contributed by atoms with Gasteiger partial charge in [-0.25, -0.2) is 4.98 Å². The molecule has 1 saturated carbocycles. The summed E-state index contributed by atoms with van der Waals surface area (Å²) in [6.07, 6.45) is 8.93. The molecule has 2 aromatic heterocycles. The monoisotopic (exact) mass is 518 g/mol. The quantitative estimate of drug-likeness (QED) is 0.368. The van der Waals surface area contributed by atoms with Crippen LogP contribution in [0.4, 0.5) is 11.5 Å². The van der Waals surface area contributed by atoms with E-state index in [1.807, 2.05) is 53.2 Å². The largest absolute Gasteiger partial charge is 0.383 e. The Kier molecular flexibility index (Phi) is 6.07. The number of nitrogens with zero attached hydrogens (tertiary/aromatic N) is 4. The Labute approximate surface area is 227 Å². The number of hydrogen-bond donors (Lipinski definition) is 2. The van der Waals surface area contributed by atoms with Gasteiger partial charge in [-0.2, -0.15) is 5.10 Å². The first kappa shape index (κ1) is 24.7. The van der Waals surface area contributed by atoms with E-state index in [-0.39, 0.29) is 23.9 Å². The van der Waals surface area contributed by atoms with Gasteiger partial charge in [-0.1, -0.05) is 38.1 Å². The van der Waals surface area contributed by atoms with Crippen LogP contribution in [0.1, 0.15) is 54.6 Å². The fourth-order valence-electron chi connectivity index (χ4n) is 6.10. The molecule has 3 unspecified atom stereocenters. The van der Waals surface area contributed by atoms with Gasteiger partial charge in [0.1, 0.15) is 11.5 Å². The van der Waals surface area contributed by atoms with Crippen LogP contribution in [0, 0.1) is 18.3 Å². The summed E-state index contributed by atoms with van der Waals surface area (Å²) < 4.78 is 1.98. The van der Waals surface area contributed by atoms with Crippen LogP contribution in [0.2, 0.25) is 0 Å². The highest BCUT2D eigenvalue weighted by Gasteiger charge is 2.48. The molecule has 0 radical (unpaired) electrons. The molecule has 1 aliphatic carbocycles. The van der Waals surface area contributed by atoms with Crippen molar-refractivity contribution in [2.45, 2.75) is 44.7 Å². The van der Waals surface area contributed by atoms with E-state index in [1.165, 1.54) is 5.56 Å². The maximum atomic E-state index is 13.1. The van der Waals surface area contributed by atoms with Gasteiger partial charge in [0, 0.05) is 29.6 Å². The van der Waals surface area contributed by atoms with Crippen LogP contribution in [0.15, 0.2) is 60.8 Å². The number of hydrogen-bond acceptors (Lipinski definition) is 5. The maximum Gasteiger partial charge on any atom is 0.298 e. The van der Waals surface area contributed by atoms with Crippen LogP contribution in [0.5, 0.6) is 0 Å². The molecule has 0 spiro atoms. The van der Waals surface area contributed by atoms with Crippen molar-refractivity contribution in [3.05, 3.63) is 71.9 Å². The van der Waals surface area contributed by atoms with Crippen molar-refractivity contribution in [3.63, 3.8) is 0 Å². The Morgan fingerprint density at radius 1 is 1.10 bits per heavy atom. The predicted octanol–water partition coefficient (Wildman–Crippen LogP) is 4.85. The Hall–Kier alpha value is -4.64. The minimum atomic E-state index is -0.275. The molecule has 3 N–H and O–H groups in total. The number of terminal acetylenes is 1. The van der Waals surface area contributed by atoms with E-state index in [1.54, 1.807) is 17.2 Å². The number of nitrogens with two attached hydrogens (primary N) is 1. The number of likely N-dealkylation sites (tertiary alicyclic amines) is 1. The van der Waals surface area contributed by atoms with Gasteiger partial charge >= 0.3 is 0 Å². The highest BCUT2D eigenvalue weighted by atomic mass is 16.2. The number of rotatable bonds is 5. The zero-order valence-electron chi connectivity index (χ0n) is 22.0. The number of piperidine rings is 1. The molecule has 196 valence electrons. The molecule has 1 aliphatic heterocycles. The Morgan fingerprint density at radius 3 is 2.59 bits per heavy atom. The number of carbonyl (C=O) groups is 2. The first-order chi connectivity index (χ1) is 18.8. The molecule has 4 aromatic rings. The van der Waals surface area contributed by atoms with Crippen LogP contribution in [-0.4, -0.2) is 44.1 Å². The lowest BCUT2D eigenvalue weighted by atomic mass is 10.0. The number of anilines is 2. The summed E-state index contributed by atoms with van der Waals surface area (Å²) in [5.41, 5.74) is 11.1. The zero-order valence-corrected chi connectivity index (χ0v) is 22.0. The SMILES string of the molecule is C#CC(=O)N1CC2CC1C(n1nc(-c3cccc(C(=O)Nc4ccc(C(C)C)cc4)c3)c3c(N)nccc31)C2. The molecule has 6 rings (SSSR count). The van der Waals surface area contributed by atoms with Crippen LogP contribution in [0.3, 0.4) is 0 Å². The van der Waals surface area contributed by atoms with Crippen LogP contribution < -0.4 is 11.1 Å². The van der Waals surface area contributed by atoms with Crippen molar-refractivity contribution in [1.29, 1.82) is 0 Å². The predicted molar refractivity (Wildman–Crippen MR) is 152 cm³/mol. The summed E-state index contributed by atoms with van der Waals surface area (Å²) >= 11 is 0. The van der Waals surface area contributed by atoms with Gasteiger partial charge in [-0.05, 0) is 66.5 Å². The number of fused-ring (bicyclic) bond motifs is 3. The van der Waals surface area contributed by atoms with E-state index in [9.17, 15) is 9.59 Å². The molecule has 3 heterocycles. The molecule has 2 amide bonds. The smallest absolute Gasteiger partial charge is 0.298 e. The number of carbonyl (C=O) groups excluding carboxylic acids is 2. The average Bonchev–Trinajstić information content (AvgIpc) is 3.66. The zero-order chi connectivity index (χ0) is 27.3. The summed E-state index contributed by atoms with van der Waals surface area (Å²) in [5, 5.41) is 8.75. The van der Waals surface area contributed by atoms with Crippen molar-refractivity contribution < 1.29 is 9.59 Å². The average molecular weight is 519 g/mol. The van der Waals surface area contributed by atoms with Crippen molar-refractivity contribution in [2.24, 2.45) is 5.92 Å². The normalized spacial score (nSPS) is 19.9. The van der Waals surface area contributed by atoms with E-state index in [2.05, 4.69) is 30.1 Å². The second-order valence-electron chi connectivity index (χ2n) is 10.8. The van der Waals surface area contributed by atoms with Gasteiger partial charge in [0.2, 0.25) is 0 Å². The second kappa shape index (κ2) is 9.59. The lowest BCUT2D eigenvalue weighted by Crippen LogP contribution is -2.42. The van der Waals surface area contributed by atoms with Gasteiger partial charge < -0.3 is 16.0 Å². The number of pyridine rings is 1. The first-order valence-corrected chi connectivity index (χ1v) is 13.3. The van der Waals surface area contributed by atoms with Gasteiger partial charge in [0.25, 0.3) is 11.8 Å². The third-order valence-electron chi connectivity index (χ3n) is 8.03. The summed E-state index contributed by atoms with van der Waals surface area (Å²) in [6, 6.07) is 17.1. The molecular weight excluding hydrogens is 488 g/mol. The lowest BCUT2D eigenvalue weighted by Gasteiger charge is -2.32. The van der Waals surface area contributed by atoms with Crippen molar-refractivity contribution in [2.75, 3.05) is 17.6 Å². The molecule has 2 aromatic carbocycles. The van der Waals surface area contributed by atoms with Crippen molar-refractivity contribution in [3.8, 4) is 23.6 Å². The van der Waals surface area contributed by atoms with Gasteiger partial charge in [0.05, 0.1) is 23.0 Å². The van der Waals surface area contributed by atoms with E-state index < -0.39 is 0 Å². The molecule has 8 heteroatoms. The molecule has 2 aliphatic rings. The number of amides is 2. The molecule has 2 fully saturated rings. The van der Waals surface area contributed by atoms with E-state index >= 15 is 0 Å². The summed E-state index contributed by atoms with van der Waals surface area (Å²) in [4.78, 5) is 31.7. The maximum absolute atomic E-state index is 13.1. The van der Waals surface area contributed by atoms with Gasteiger partial charge in [-0.3, -0.25) is 14.3 Å². The van der Waals surface area contributed by atoms with Crippen LogP contribution >= 0.6 is 0 Å². The molecule has 2 bridgehead atoms. The highest BCUT2D eigenvalue weighted by Crippen LogP contribution is 2.46. The van der Waals surface area contributed by atoms with E-state index in [0.717, 1.165) is 35.0 Å². The van der Waals surface area contributed by atoms with Gasteiger partial charge in [-0.15, -0.1) is 6.42 Å². The summed E-state index contributed by atoms with van der Waals surface area (Å²) in [7, 11) is 0. The fourth-order valence-corrected chi connectivity index (χ4v) is 6.10. The third kappa shape index (κ3) is 4.30. The van der Waals surface area contributed by atoms with E-state index in [0.29, 0.717) is 35.5 Å². The number of nitrogens with one attached hydrogen (secondary N) is 1. The molecule has 3 atom stereocenters. The van der Waals surface area contributed by atoms with Crippen LogP contribution in [0.25, 0.3) is 22.2 Å². The van der Waals surface area contributed by atoms with E-state index in [4.69, 9.17) is 17.3 Å². The lowest BCUT2D eigenvalue weighted by molar-refractivity contribution is -0.127. The number of aromatic nitrogens is 3. The minimum Gasteiger partial charge on any atom is -0.383 e. The molecular formula is C31H30N6O2. The standard InChI is InChI=1S/C31H30N6O2/c1-4-27(38)36-17-19-14-25(36)26(15-19)37-24-12-13-33-30(32)28(24)29(35-37)21-6-5-7-22(16-21)31(39)34-23-10-8-20(9-11-23)18(2)3/h1,5-13,16,18-19,25-26H,14-15,17H2,2-3H3,(H2,32,33)(H,34,39). The van der Waals surface area contributed by atoms with Crippen molar-refractivity contribution in [1.82, 2.24) is 19.7 Å². The highest BCUT2D eigenvalue weighted by molar-refractivity contribution is 6.06. The van der Waals surface area contributed by atoms with Crippen molar-refractivity contribution >= 4 is 34.2 Å². The van der Waals surface area contributed by atoms with Crippen LogP contribution in [-0.2, 0) is 4.79 Å². The Balaban J connectivity index is 1.35. The molecule has 8 nitrogen and oxygen atoms in total. The number of benzene rings is 2. The summed E-state index contributed by atoms with van der Waals surface area (Å²) in [6.45, 7) is 4.96. The molecule has 1 saturated heterocycles. The topological polar surface area (TPSA) is 106 Å². The summed E-state index contributed by atoms with van der Waals surface area (Å²) in [5.74, 6) is 2.97. The third-order valence-corrected chi connectivity index (χ3v) is 8.03.